The van der Waals surface area contributed by atoms with Gasteiger partial charge >= 0.3 is 0 Å². The van der Waals surface area contributed by atoms with E-state index in [1.54, 1.807) is 0 Å². The fourth-order valence-electron chi connectivity index (χ4n) is 4.11. The molecule has 0 radical (unpaired) electrons. The van der Waals surface area contributed by atoms with Gasteiger partial charge in [-0.25, -0.2) is 0 Å². The summed E-state index contributed by atoms with van der Waals surface area (Å²) in [6.07, 6.45) is 2.10. The Morgan fingerprint density at radius 3 is 1.90 bits per heavy atom. The van der Waals surface area contributed by atoms with Gasteiger partial charge in [0.15, 0.2) is 0 Å². The van der Waals surface area contributed by atoms with Crippen molar-refractivity contribution in [2.24, 2.45) is 5.92 Å². The average Bonchev–Trinajstić information content (AvgIpc) is 2.80. The van der Waals surface area contributed by atoms with E-state index in [2.05, 4.69) is 48.3 Å². The fraction of sp³-hybridized carbons (Fsp3) is 0.368. The van der Waals surface area contributed by atoms with Gasteiger partial charge in [0, 0.05) is 0 Å². The summed E-state index contributed by atoms with van der Waals surface area (Å²) < 4.78 is 0. The lowest BCUT2D eigenvalue weighted by Gasteiger charge is -2.39. The van der Waals surface area contributed by atoms with Crippen LogP contribution >= 0.6 is 0 Å². The first-order valence-corrected chi connectivity index (χ1v) is 7.81. The third-order valence-electron chi connectivity index (χ3n) is 5.27. The van der Waals surface area contributed by atoms with Crippen molar-refractivity contribution in [3.05, 3.63) is 59.7 Å². The van der Waals surface area contributed by atoms with Gasteiger partial charge in [0.1, 0.15) is 5.60 Å². The summed E-state index contributed by atoms with van der Waals surface area (Å²) in [6.45, 7) is 2.13. The second-order valence-electron chi connectivity index (χ2n) is 6.44. The molecule has 2 nitrogen and oxygen atoms in total. The molecule has 1 saturated heterocycles. The van der Waals surface area contributed by atoms with Crippen LogP contribution in [-0.2, 0) is 5.60 Å². The van der Waals surface area contributed by atoms with Crippen molar-refractivity contribution in [1.29, 1.82) is 0 Å². The van der Waals surface area contributed by atoms with E-state index >= 15 is 0 Å². The summed E-state index contributed by atoms with van der Waals surface area (Å²) in [5.74, 6) is 0.304. The van der Waals surface area contributed by atoms with E-state index in [4.69, 9.17) is 0 Å². The molecular weight excluding hydrogens is 258 g/mol. The van der Waals surface area contributed by atoms with Crippen molar-refractivity contribution >= 4 is 0 Å². The van der Waals surface area contributed by atoms with Crippen LogP contribution < -0.4 is 0 Å². The quantitative estimate of drug-likeness (QED) is 0.866. The second-order valence-corrected chi connectivity index (χ2v) is 6.44. The van der Waals surface area contributed by atoms with Gasteiger partial charge < -0.3 is 10.0 Å². The van der Waals surface area contributed by atoms with Crippen LogP contribution in [0.15, 0.2) is 48.5 Å². The minimum atomic E-state index is -0.811. The predicted molar refractivity (Wildman–Crippen MR) is 85.1 cm³/mol. The third kappa shape index (κ3) is 1.79. The van der Waals surface area contributed by atoms with E-state index < -0.39 is 5.60 Å². The van der Waals surface area contributed by atoms with Gasteiger partial charge in [0.25, 0.3) is 0 Å². The third-order valence-corrected chi connectivity index (χ3v) is 5.27. The van der Waals surface area contributed by atoms with Crippen LogP contribution in [0.3, 0.4) is 0 Å². The van der Waals surface area contributed by atoms with Crippen molar-refractivity contribution in [3.8, 4) is 11.1 Å². The van der Waals surface area contributed by atoms with Gasteiger partial charge in [-0.1, -0.05) is 48.5 Å². The van der Waals surface area contributed by atoms with Gasteiger partial charge in [0.2, 0.25) is 0 Å². The normalized spacial score (nSPS) is 21.0. The lowest BCUT2D eigenvalue weighted by molar-refractivity contribution is -0.00719. The molecule has 1 heterocycles. The molecule has 1 N–H and O–H groups in total. The molecule has 2 heteroatoms. The zero-order valence-electron chi connectivity index (χ0n) is 12.4. The Balaban J connectivity index is 1.88. The highest BCUT2D eigenvalue weighted by molar-refractivity contribution is 5.80. The highest BCUT2D eigenvalue weighted by atomic mass is 16.3. The number of hydrogen-bond donors (Lipinski definition) is 1. The number of nitrogens with zero attached hydrogens (tertiary/aromatic N) is 1. The van der Waals surface area contributed by atoms with Crippen molar-refractivity contribution in [2.45, 2.75) is 18.4 Å². The number of benzene rings is 2. The number of aliphatic hydroxyl groups is 1. The monoisotopic (exact) mass is 279 g/mol. The molecule has 0 bridgehead atoms. The number of fused-ring (bicyclic) bond motifs is 3. The van der Waals surface area contributed by atoms with Crippen molar-refractivity contribution in [2.75, 3.05) is 20.1 Å². The summed E-state index contributed by atoms with van der Waals surface area (Å²) in [6, 6.07) is 16.7. The molecule has 0 unspecified atom stereocenters. The van der Waals surface area contributed by atoms with Crippen molar-refractivity contribution in [3.63, 3.8) is 0 Å². The largest absolute Gasteiger partial charge is 0.380 e. The SMILES string of the molecule is CN1CCC(C2(O)c3ccccc3-c3ccccc32)CC1. The first-order chi connectivity index (χ1) is 10.2. The summed E-state index contributed by atoms with van der Waals surface area (Å²) in [7, 11) is 2.16. The second kappa shape index (κ2) is 4.69. The van der Waals surface area contributed by atoms with Crippen LogP contribution in [0.4, 0.5) is 0 Å². The van der Waals surface area contributed by atoms with Crippen LogP contribution in [0.25, 0.3) is 11.1 Å². The Hall–Kier alpha value is -1.64. The van der Waals surface area contributed by atoms with Gasteiger partial charge in [-0.05, 0) is 61.2 Å². The van der Waals surface area contributed by atoms with Crippen LogP contribution in [-0.4, -0.2) is 30.1 Å². The Morgan fingerprint density at radius 2 is 1.38 bits per heavy atom. The number of piperidine rings is 1. The zero-order chi connectivity index (χ0) is 14.4. The van der Waals surface area contributed by atoms with Crippen molar-refractivity contribution in [1.82, 2.24) is 4.90 Å². The van der Waals surface area contributed by atoms with E-state index in [1.807, 2.05) is 12.1 Å². The minimum Gasteiger partial charge on any atom is -0.380 e. The van der Waals surface area contributed by atoms with E-state index in [0.717, 1.165) is 37.1 Å². The summed E-state index contributed by atoms with van der Waals surface area (Å²) >= 11 is 0. The number of likely N-dealkylation sites (tertiary alicyclic amines) is 1. The van der Waals surface area contributed by atoms with E-state index in [1.165, 1.54) is 11.1 Å². The summed E-state index contributed by atoms with van der Waals surface area (Å²) in [5, 5.41) is 11.7. The summed E-state index contributed by atoms with van der Waals surface area (Å²) in [4.78, 5) is 2.35. The Bertz CT molecular complexity index is 625. The maximum atomic E-state index is 11.7. The average molecular weight is 279 g/mol. The van der Waals surface area contributed by atoms with Crippen LogP contribution in [0.2, 0.25) is 0 Å². The first kappa shape index (κ1) is 13.1. The standard InChI is InChI=1S/C19H21NO/c1-20-12-10-14(11-13-20)19(21)17-8-4-2-6-15(17)16-7-3-5-9-18(16)19/h2-9,14,21H,10-13H2,1H3. The smallest absolute Gasteiger partial charge is 0.119 e. The van der Waals surface area contributed by atoms with Crippen LogP contribution in [0, 0.1) is 5.92 Å². The lowest BCUT2D eigenvalue weighted by atomic mass is 9.74. The molecule has 2 aromatic carbocycles. The first-order valence-electron chi connectivity index (χ1n) is 7.81. The fourth-order valence-corrected chi connectivity index (χ4v) is 4.11. The van der Waals surface area contributed by atoms with Crippen LogP contribution in [0.1, 0.15) is 24.0 Å². The molecular formula is C19H21NO. The zero-order valence-corrected chi connectivity index (χ0v) is 12.4. The van der Waals surface area contributed by atoms with Gasteiger partial charge in [-0.2, -0.15) is 0 Å². The van der Waals surface area contributed by atoms with Gasteiger partial charge in [-0.3, -0.25) is 0 Å². The Kier molecular flexibility index (Phi) is 2.91. The molecule has 0 spiro atoms. The predicted octanol–water partition coefficient (Wildman–Crippen LogP) is 3.24. The molecule has 2 aliphatic rings. The molecule has 1 aliphatic heterocycles. The van der Waals surface area contributed by atoms with E-state index in [-0.39, 0.29) is 0 Å². The molecule has 0 saturated carbocycles. The molecule has 108 valence electrons. The molecule has 0 atom stereocenters. The number of rotatable bonds is 1. The molecule has 21 heavy (non-hydrogen) atoms. The van der Waals surface area contributed by atoms with E-state index in [0.29, 0.717) is 5.92 Å². The van der Waals surface area contributed by atoms with Gasteiger partial charge in [-0.15, -0.1) is 0 Å². The lowest BCUT2D eigenvalue weighted by Crippen LogP contribution is -2.42. The van der Waals surface area contributed by atoms with E-state index in [9.17, 15) is 5.11 Å². The van der Waals surface area contributed by atoms with Gasteiger partial charge in [0.05, 0.1) is 0 Å². The minimum absolute atomic E-state index is 0.304. The van der Waals surface area contributed by atoms with Crippen molar-refractivity contribution < 1.29 is 5.11 Å². The maximum absolute atomic E-state index is 11.7. The molecule has 0 aromatic heterocycles. The highest BCUT2D eigenvalue weighted by Crippen LogP contribution is 2.52. The summed E-state index contributed by atoms with van der Waals surface area (Å²) in [5.41, 5.74) is 3.79. The number of hydrogen-bond acceptors (Lipinski definition) is 2. The molecule has 1 fully saturated rings. The molecule has 2 aromatic rings. The maximum Gasteiger partial charge on any atom is 0.119 e. The topological polar surface area (TPSA) is 23.5 Å². The Labute approximate surface area is 126 Å². The highest BCUT2D eigenvalue weighted by Gasteiger charge is 2.47. The molecule has 0 amide bonds. The molecule has 4 rings (SSSR count). The Morgan fingerprint density at radius 1 is 0.905 bits per heavy atom. The van der Waals surface area contributed by atoms with Crippen LogP contribution in [0.5, 0.6) is 0 Å². The molecule has 1 aliphatic carbocycles.